The summed E-state index contributed by atoms with van der Waals surface area (Å²) in [6.07, 6.45) is 0. The van der Waals surface area contributed by atoms with Crippen molar-refractivity contribution in [2.75, 3.05) is 0 Å². The molecule has 0 radical (unpaired) electrons. The van der Waals surface area contributed by atoms with E-state index in [1.54, 1.807) is 0 Å². The van der Waals surface area contributed by atoms with Crippen molar-refractivity contribution in [2.24, 2.45) is 0 Å². The van der Waals surface area contributed by atoms with E-state index in [9.17, 15) is 35.6 Å². The molecule has 11 heteroatoms. The number of benzene rings is 2. The fourth-order valence-electron chi connectivity index (χ4n) is 2.77. The molecule has 0 aliphatic rings. The molecule has 29 heavy (non-hydrogen) atoms. The quantitative estimate of drug-likeness (QED) is 0.361. The number of halogens is 4. The molecule has 0 unspecified atom stereocenters. The summed E-state index contributed by atoms with van der Waals surface area (Å²) < 4.78 is 89.2. The third-order valence-corrected chi connectivity index (χ3v) is 5.75. The molecule has 2 aromatic heterocycles. The molecule has 0 N–H and O–H groups in total. The van der Waals surface area contributed by atoms with Gasteiger partial charge < -0.3 is 8.83 Å². The predicted molar refractivity (Wildman–Crippen MR) is 90.3 cm³/mol. The highest BCUT2D eigenvalue weighted by Crippen LogP contribution is 2.26. The van der Waals surface area contributed by atoms with Crippen LogP contribution in [0.15, 0.2) is 64.6 Å². The van der Waals surface area contributed by atoms with Gasteiger partial charge in [-0.2, -0.15) is 0 Å². The topological polar surface area (TPSA) is 94.6 Å². The van der Waals surface area contributed by atoms with Crippen LogP contribution in [0.3, 0.4) is 0 Å². The van der Waals surface area contributed by atoms with E-state index in [-0.39, 0.29) is 0 Å². The number of hydrogen-bond acceptors (Lipinski definition) is 6. The lowest BCUT2D eigenvalue weighted by atomic mass is 10.2. The first-order valence-corrected chi connectivity index (χ1v) is 9.17. The zero-order valence-corrected chi connectivity index (χ0v) is 14.7. The second-order valence-electron chi connectivity index (χ2n) is 5.91. The van der Waals surface area contributed by atoms with E-state index in [2.05, 4.69) is 8.83 Å². The van der Waals surface area contributed by atoms with Gasteiger partial charge in [0.1, 0.15) is 11.6 Å². The van der Waals surface area contributed by atoms with E-state index in [0.717, 1.165) is 0 Å². The summed E-state index contributed by atoms with van der Waals surface area (Å²) in [5.41, 5.74) is -4.45. The molecule has 0 aliphatic carbocycles. The van der Waals surface area contributed by atoms with Gasteiger partial charge in [0.2, 0.25) is 9.84 Å². The van der Waals surface area contributed by atoms with Gasteiger partial charge in [0.05, 0.1) is 0 Å². The maximum absolute atomic E-state index is 13.7. The Morgan fingerprint density at radius 2 is 1.00 bits per heavy atom. The lowest BCUT2D eigenvalue weighted by Crippen LogP contribution is -2.20. The van der Waals surface area contributed by atoms with E-state index in [1.807, 2.05) is 0 Å². The number of hydrogen-bond donors (Lipinski definition) is 0. The lowest BCUT2D eigenvalue weighted by molar-refractivity contribution is 0.492. The maximum atomic E-state index is 13.7. The van der Waals surface area contributed by atoms with Crippen molar-refractivity contribution in [2.45, 2.75) is 9.79 Å². The first-order valence-electron chi connectivity index (χ1n) is 7.69. The van der Waals surface area contributed by atoms with E-state index < -0.39 is 76.1 Å². The molecule has 0 spiro atoms. The number of fused-ring (bicyclic) bond motifs is 2. The standard InChI is InChI=1S/C18H6F4O6S/c19-9-1-7-3-13(17(23)27-15(7)11(21)5-9)29(25,26)14-4-8-2-10(20)6-12(22)16(8)28-18(14)24/h1-6H. The molecular weight excluding hydrogens is 420 g/mol. The molecule has 0 bridgehead atoms. The fourth-order valence-corrected chi connectivity index (χ4v) is 4.09. The molecule has 0 amide bonds. The molecule has 6 nitrogen and oxygen atoms in total. The number of sulfone groups is 1. The summed E-state index contributed by atoms with van der Waals surface area (Å²) in [5, 5.41) is -0.800. The molecule has 0 aliphatic heterocycles. The molecule has 2 aromatic carbocycles. The van der Waals surface area contributed by atoms with Gasteiger partial charge in [-0.15, -0.1) is 0 Å². The fraction of sp³-hybridized carbons (Fsp3) is 0. The van der Waals surface area contributed by atoms with Crippen LogP contribution in [0.25, 0.3) is 21.9 Å². The third-order valence-electron chi connectivity index (χ3n) is 4.02. The van der Waals surface area contributed by atoms with Gasteiger partial charge in [0.25, 0.3) is 0 Å². The lowest BCUT2D eigenvalue weighted by Gasteiger charge is -2.06. The van der Waals surface area contributed by atoms with Gasteiger partial charge in [-0.25, -0.2) is 35.6 Å². The SMILES string of the molecule is O=c1oc2c(F)cc(F)cc2cc1S(=O)(=O)c1cc2cc(F)cc(F)c2oc1=O. The van der Waals surface area contributed by atoms with Crippen molar-refractivity contribution in [1.29, 1.82) is 0 Å². The smallest absolute Gasteiger partial charge is 0.355 e. The Kier molecular flexibility index (Phi) is 4.08. The van der Waals surface area contributed by atoms with Crippen LogP contribution >= 0.6 is 0 Å². The zero-order valence-electron chi connectivity index (χ0n) is 13.8. The van der Waals surface area contributed by atoms with Crippen LogP contribution in [-0.4, -0.2) is 8.42 Å². The van der Waals surface area contributed by atoms with E-state index in [0.29, 0.717) is 36.4 Å². The molecule has 0 saturated carbocycles. The van der Waals surface area contributed by atoms with Crippen LogP contribution < -0.4 is 11.3 Å². The molecule has 148 valence electrons. The molecule has 4 rings (SSSR count). The monoisotopic (exact) mass is 426 g/mol. The average Bonchev–Trinajstić information content (AvgIpc) is 2.62. The van der Waals surface area contributed by atoms with Crippen molar-refractivity contribution in [1.82, 2.24) is 0 Å². The summed E-state index contributed by atoms with van der Waals surface area (Å²) in [7, 11) is -4.94. The van der Waals surface area contributed by atoms with Gasteiger partial charge >= 0.3 is 11.3 Å². The molecule has 2 heterocycles. The minimum absolute atomic E-state index is 0.400. The van der Waals surface area contributed by atoms with Crippen molar-refractivity contribution < 1.29 is 34.8 Å². The van der Waals surface area contributed by atoms with Gasteiger partial charge in [-0.1, -0.05) is 0 Å². The summed E-state index contributed by atoms with van der Waals surface area (Å²) in [5.74, 6) is -4.61. The third kappa shape index (κ3) is 2.99. The Balaban J connectivity index is 2.03. The van der Waals surface area contributed by atoms with Crippen LogP contribution in [0, 0.1) is 23.3 Å². The maximum Gasteiger partial charge on any atom is 0.355 e. The highest BCUT2D eigenvalue weighted by Gasteiger charge is 2.29. The van der Waals surface area contributed by atoms with Gasteiger partial charge in [0, 0.05) is 22.9 Å². The minimum Gasteiger partial charge on any atom is -0.419 e. The Labute approximate surface area is 157 Å². The van der Waals surface area contributed by atoms with Gasteiger partial charge in [-0.05, 0) is 24.3 Å². The molecule has 4 aromatic rings. The first kappa shape index (κ1) is 18.9. The molecule has 0 saturated heterocycles. The Morgan fingerprint density at radius 1 is 0.621 bits per heavy atom. The molecule has 0 fully saturated rings. The highest BCUT2D eigenvalue weighted by molar-refractivity contribution is 7.91. The van der Waals surface area contributed by atoms with Crippen molar-refractivity contribution in [3.8, 4) is 0 Å². The Bertz CT molecular complexity index is 1440. The van der Waals surface area contributed by atoms with Crippen molar-refractivity contribution >= 4 is 31.8 Å². The summed E-state index contributed by atoms with van der Waals surface area (Å²) in [4.78, 5) is 22.0. The summed E-state index contributed by atoms with van der Waals surface area (Å²) in [6.45, 7) is 0. The zero-order chi connectivity index (χ0) is 21.1. The van der Waals surface area contributed by atoms with E-state index in [1.165, 1.54) is 0 Å². The summed E-state index contributed by atoms with van der Waals surface area (Å²) in [6, 6.07) is 3.54. The molecular formula is C18H6F4O6S. The number of rotatable bonds is 2. The van der Waals surface area contributed by atoms with Crippen LogP contribution in [0.4, 0.5) is 17.6 Å². The Morgan fingerprint density at radius 3 is 1.38 bits per heavy atom. The normalized spacial score (nSPS) is 12.0. The van der Waals surface area contributed by atoms with Crippen LogP contribution in [0.1, 0.15) is 0 Å². The predicted octanol–water partition coefficient (Wildman–Crippen LogP) is 3.29. The largest absolute Gasteiger partial charge is 0.419 e. The highest BCUT2D eigenvalue weighted by atomic mass is 32.2. The van der Waals surface area contributed by atoms with Crippen LogP contribution in [-0.2, 0) is 9.84 Å². The second kappa shape index (κ2) is 6.27. The van der Waals surface area contributed by atoms with Crippen LogP contribution in [0.2, 0.25) is 0 Å². The van der Waals surface area contributed by atoms with Crippen LogP contribution in [0.5, 0.6) is 0 Å². The average molecular weight is 426 g/mol. The Hall–Kier alpha value is -3.47. The first-order chi connectivity index (χ1) is 13.6. The van der Waals surface area contributed by atoms with E-state index >= 15 is 0 Å². The minimum atomic E-state index is -4.94. The second-order valence-corrected chi connectivity index (χ2v) is 7.80. The summed E-state index contributed by atoms with van der Waals surface area (Å²) >= 11 is 0. The van der Waals surface area contributed by atoms with Crippen molar-refractivity contribution in [3.63, 3.8) is 0 Å². The van der Waals surface area contributed by atoms with Gasteiger partial charge in [-0.3, -0.25) is 0 Å². The molecule has 0 atom stereocenters. The van der Waals surface area contributed by atoms with E-state index in [4.69, 9.17) is 0 Å². The van der Waals surface area contributed by atoms with Crippen molar-refractivity contribution in [3.05, 3.63) is 80.5 Å². The van der Waals surface area contributed by atoms with Gasteiger partial charge in [0.15, 0.2) is 32.6 Å².